The first-order valence-corrected chi connectivity index (χ1v) is 16.1. The van der Waals surface area contributed by atoms with Gasteiger partial charge in [-0.3, -0.25) is 4.79 Å². The zero-order chi connectivity index (χ0) is 25.2. The van der Waals surface area contributed by atoms with Crippen molar-refractivity contribution in [2.75, 3.05) is 6.61 Å². The molecule has 3 unspecified atom stereocenters. The number of hydrogen-bond acceptors (Lipinski definition) is 4. The van der Waals surface area contributed by atoms with Gasteiger partial charge in [0, 0.05) is 0 Å². The maximum atomic E-state index is 12.0. The van der Waals surface area contributed by atoms with E-state index in [9.17, 15) is 9.90 Å². The molecule has 4 nitrogen and oxygen atoms in total. The van der Waals surface area contributed by atoms with Gasteiger partial charge in [-0.1, -0.05) is 69.7 Å². The highest BCUT2D eigenvalue weighted by Gasteiger charge is 2.39. The van der Waals surface area contributed by atoms with Crippen LogP contribution in [0.2, 0.25) is 18.1 Å². The molecule has 192 valence electrons. The number of carbonyl (C=O) groups is 1. The van der Waals surface area contributed by atoms with Crippen molar-refractivity contribution >= 4 is 14.3 Å². The van der Waals surface area contributed by atoms with E-state index in [-0.39, 0.29) is 29.5 Å². The monoisotopic (exact) mass is 488 g/mol. The second kappa shape index (κ2) is 13.0. The Hall–Kier alpha value is -1.43. The molecule has 34 heavy (non-hydrogen) atoms. The molecular formula is C29H48O4Si. The molecular weight excluding hydrogens is 440 g/mol. The number of aliphatic hydroxyl groups is 1. The third-order valence-corrected chi connectivity index (χ3v) is 12.0. The second-order valence-electron chi connectivity index (χ2n) is 11.6. The van der Waals surface area contributed by atoms with E-state index in [0.717, 1.165) is 38.5 Å². The molecule has 1 aromatic carbocycles. The van der Waals surface area contributed by atoms with Crippen LogP contribution in [0.4, 0.5) is 0 Å². The van der Waals surface area contributed by atoms with Crippen LogP contribution in [-0.4, -0.2) is 37.7 Å². The van der Waals surface area contributed by atoms with Crippen LogP contribution in [0.5, 0.6) is 0 Å². The smallest absolute Gasteiger partial charge is 0.308 e. The summed E-state index contributed by atoms with van der Waals surface area (Å²) in [5.41, 5.74) is 0.438. The summed E-state index contributed by atoms with van der Waals surface area (Å²) in [6.45, 7) is 13.6. The van der Waals surface area contributed by atoms with Crippen LogP contribution in [0.3, 0.4) is 0 Å². The molecule has 1 aromatic rings. The number of rotatable bonds is 12. The highest BCUT2D eigenvalue weighted by Crippen LogP contribution is 2.39. The molecule has 1 fully saturated rings. The SMILES string of the molecule is CCOC(=O)CC1(O)CCCC(C=CC(CCCCc2ccccc2)O[Si](C)(C)C(C)(C)C)C1. The summed E-state index contributed by atoms with van der Waals surface area (Å²) in [5, 5.41) is 11.2. The van der Waals surface area contributed by atoms with E-state index in [1.165, 1.54) is 5.56 Å². The van der Waals surface area contributed by atoms with Crippen LogP contribution < -0.4 is 0 Å². The number of carbonyl (C=O) groups excluding carboxylic acids is 1. The fourth-order valence-electron chi connectivity index (χ4n) is 4.54. The second-order valence-corrected chi connectivity index (χ2v) is 16.4. The first-order chi connectivity index (χ1) is 15.9. The minimum absolute atomic E-state index is 0.0918. The zero-order valence-corrected chi connectivity index (χ0v) is 23.4. The van der Waals surface area contributed by atoms with Gasteiger partial charge in [0.25, 0.3) is 0 Å². The largest absolute Gasteiger partial charge is 0.466 e. The average Bonchev–Trinajstić information content (AvgIpc) is 2.74. The molecule has 0 saturated heterocycles. The molecule has 3 atom stereocenters. The first-order valence-electron chi connectivity index (χ1n) is 13.2. The third kappa shape index (κ3) is 9.67. The first kappa shape index (κ1) is 28.8. The van der Waals surface area contributed by atoms with Crippen molar-refractivity contribution in [3.8, 4) is 0 Å². The molecule has 0 spiro atoms. The molecule has 0 aliphatic heterocycles. The molecule has 5 heteroatoms. The highest BCUT2D eigenvalue weighted by molar-refractivity contribution is 6.74. The van der Waals surface area contributed by atoms with Gasteiger partial charge >= 0.3 is 5.97 Å². The standard InChI is InChI=1S/C29H48O4Si/c1-7-32-27(30)23-29(31)21-13-17-25(22-29)19-20-26(33-34(5,6)28(2,3)4)18-12-11-16-24-14-9-8-10-15-24/h8-10,14-15,19-20,25-26,31H,7,11-13,16-18,21-23H2,1-6H3. The van der Waals surface area contributed by atoms with Gasteiger partial charge in [-0.25, -0.2) is 0 Å². The molecule has 1 N–H and O–H groups in total. The van der Waals surface area contributed by atoms with Gasteiger partial charge in [0.2, 0.25) is 0 Å². The number of unbranched alkanes of at least 4 members (excludes halogenated alkanes) is 1. The molecule has 0 amide bonds. The van der Waals surface area contributed by atoms with Gasteiger partial charge in [0.05, 0.1) is 24.7 Å². The number of allylic oxidation sites excluding steroid dienone is 1. The van der Waals surface area contributed by atoms with E-state index in [1.807, 2.05) is 0 Å². The fraction of sp³-hybridized carbons (Fsp3) is 0.690. The summed E-state index contributed by atoms with van der Waals surface area (Å²) >= 11 is 0. The van der Waals surface area contributed by atoms with E-state index in [1.54, 1.807) is 6.92 Å². The van der Waals surface area contributed by atoms with Crippen molar-refractivity contribution in [2.24, 2.45) is 5.92 Å². The van der Waals surface area contributed by atoms with Gasteiger partial charge < -0.3 is 14.3 Å². The van der Waals surface area contributed by atoms with E-state index < -0.39 is 13.9 Å². The van der Waals surface area contributed by atoms with Crippen LogP contribution >= 0.6 is 0 Å². The predicted molar refractivity (Wildman–Crippen MR) is 143 cm³/mol. The minimum atomic E-state index is -1.90. The number of ether oxygens (including phenoxy) is 1. The molecule has 0 radical (unpaired) electrons. The fourth-order valence-corrected chi connectivity index (χ4v) is 5.85. The summed E-state index contributed by atoms with van der Waals surface area (Å²) in [7, 11) is -1.90. The lowest BCUT2D eigenvalue weighted by Crippen LogP contribution is -2.43. The number of hydrogen-bond donors (Lipinski definition) is 1. The summed E-state index contributed by atoms with van der Waals surface area (Å²) in [4.78, 5) is 12.0. The minimum Gasteiger partial charge on any atom is -0.466 e. The lowest BCUT2D eigenvalue weighted by Gasteiger charge is -2.39. The number of esters is 1. The lowest BCUT2D eigenvalue weighted by molar-refractivity contribution is -0.150. The van der Waals surface area contributed by atoms with Gasteiger partial charge in [-0.05, 0) is 81.5 Å². The van der Waals surface area contributed by atoms with Crippen LogP contribution in [0, 0.1) is 5.92 Å². The Morgan fingerprint density at radius 3 is 2.59 bits per heavy atom. The molecule has 0 bridgehead atoms. The van der Waals surface area contributed by atoms with E-state index in [4.69, 9.17) is 9.16 Å². The van der Waals surface area contributed by atoms with E-state index >= 15 is 0 Å². The number of aryl methyl sites for hydroxylation is 1. The molecule has 1 aliphatic rings. The van der Waals surface area contributed by atoms with Crippen molar-refractivity contribution < 1.29 is 19.1 Å². The molecule has 1 saturated carbocycles. The van der Waals surface area contributed by atoms with Crippen molar-refractivity contribution in [3.63, 3.8) is 0 Å². The molecule has 1 aliphatic carbocycles. The Morgan fingerprint density at radius 1 is 1.24 bits per heavy atom. The maximum Gasteiger partial charge on any atom is 0.308 e. The summed E-state index contributed by atoms with van der Waals surface area (Å²) in [5.74, 6) is -0.0322. The van der Waals surface area contributed by atoms with Crippen molar-refractivity contribution in [3.05, 3.63) is 48.0 Å². The molecule has 0 aromatic heterocycles. The summed E-state index contributed by atoms with van der Waals surface area (Å²) < 4.78 is 11.9. The molecule has 2 rings (SSSR count). The van der Waals surface area contributed by atoms with Gasteiger partial charge in [0.1, 0.15) is 0 Å². The quantitative estimate of drug-likeness (QED) is 0.146. The Labute approximate surface area is 209 Å². The lowest BCUT2D eigenvalue weighted by atomic mass is 9.76. The number of benzene rings is 1. The van der Waals surface area contributed by atoms with Crippen molar-refractivity contribution in [1.29, 1.82) is 0 Å². The van der Waals surface area contributed by atoms with E-state index in [2.05, 4.69) is 76.3 Å². The van der Waals surface area contributed by atoms with Crippen molar-refractivity contribution in [1.82, 2.24) is 0 Å². The van der Waals surface area contributed by atoms with Crippen molar-refractivity contribution in [2.45, 2.75) is 115 Å². The third-order valence-electron chi connectivity index (χ3n) is 7.53. The van der Waals surface area contributed by atoms with Crippen LogP contribution in [0.15, 0.2) is 42.5 Å². The Morgan fingerprint density at radius 2 is 1.94 bits per heavy atom. The van der Waals surface area contributed by atoms with Crippen LogP contribution in [-0.2, 0) is 20.4 Å². The van der Waals surface area contributed by atoms with Gasteiger partial charge in [0.15, 0.2) is 8.32 Å². The van der Waals surface area contributed by atoms with E-state index in [0.29, 0.717) is 19.4 Å². The predicted octanol–water partition coefficient (Wildman–Crippen LogP) is 7.22. The van der Waals surface area contributed by atoms with Gasteiger partial charge in [-0.15, -0.1) is 0 Å². The van der Waals surface area contributed by atoms with Gasteiger partial charge in [-0.2, -0.15) is 0 Å². The normalized spacial score (nSPS) is 22.6. The maximum absolute atomic E-state index is 12.0. The zero-order valence-electron chi connectivity index (χ0n) is 22.4. The van der Waals surface area contributed by atoms with Crippen LogP contribution in [0.1, 0.15) is 84.6 Å². The average molecular weight is 489 g/mol. The summed E-state index contributed by atoms with van der Waals surface area (Å²) in [6.07, 6.45) is 12.3. The molecule has 0 heterocycles. The summed E-state index contributed by atoms with van der Waals surface area (Å²) in [6, 6.07) is 10.7. The topological polar surface area (TPSA) is 55.8 Å². The Balaban J connectivity index is 2.00. The Kier molecular flexibility index (Phi) is 11.0. The van der Waals surface area contributed by atoms with Crippen LogP contribution in [0.25, 0.3) is 0 Å². The Bertz CT molecular complexity index is 768. The highest BCUT2D eigenvalue weighted by atomic mass is 28.4.